The van der Waals surface area contributed by atoms with E-state index in [9.17, 15) is 9.59 Å². The molecule has 0 aromatic heterocycles. The summed E-state index contributed by atoms with van der Waals surface area (Å²) in [4.78, 5) is 23.5. The Balaban J connectivity index is 1.80. The minimum Gasteiger partial charge on any atom is -0.466 e. The van der Waals surface area contributed by atoms with E-state index in [1.54, 1.807) is 0 Å². The van der Waals surface area contributed by atoms with Crippen molar-refractivity contribution in [3.8, 4) is 0 Å². The molecule has 4 aliphatic carbocycles. The van der Waals surface area contributed by atoms with Crippen LogP contribution in [0.5, 0.6) is 0 Å². The normalized spacial score (nSPS) is 43.1. The molecule has 0 saturated heterocycles. The third-order valence-electron chi connectivity index (χ3n) is 5.20. The molecule has 0 aliphatic heterocycles. The predicted octanol–water partition coefficient (Wildman–Crippen LogP) is 2.31. The molecule has 4 fully saturated rings. The monoisotopic (exact) mass is 266 g/mol. The first-order chi connectivity index (χ1) is 9.04. The fraction of sp³-hybridized carbons (Fsp3) is 0.867. The molecule has 2 unspecified atom stereocenters. The van der Waals surface area contributed by atoms with Gasteiger partial charge in [0.1, 0.15) is 6.10 Å². The van der Waals surface area contributed by atoms with Crippen molar-refractivity contribution in [3.05, 3.63) is 0 Å². The van der Waals surface area contributed by atoms with Crippen molar-refractivity contribution in [1.29, 1.82) is 0 Å². The number of rotatable bonds is 3. The lowest BCUT2D eigenvalue weighted by Gasteiger charge is -2.57. The molecule has 0 radical (unpaired) electrons. The van der Waals surface area contributed by atoms with Gasteiger partial charge >= 0.3 is 11.9 Å². The van der Waals surface area contributed by atoms with Crippen molar-refractivity contribution in [3.63, 3.8) is 0 Å². The Bertz CT molecular complexity index is 387. The Kier molecular flexibility index (Phi) is 3.06. The lowest BCUT2D eigenvalue weighted by atomic mass is 9.48. The molecule has 2 atom stereocenters. The summed E-state index contributed by atoms with van der Waals surface area (Å²) in [6.07, 6.45) is 4.92. The van der Waals surface area contributed by atoms with Gasteiger partial charge in [0.25, 0.3) is 0 Å². The average Bonchev–Trinajstić information content (AvgIpc) is 2.33. The summed E-state index contributed by atoms with van der Waals surface area (Å²) >= 11 is 0. The Morgan fingerprint density at radius 3 is 2.32 bits per heavy atom. The number of carbonyl (C=O) groups is 2. The molecule has 4 heteroatoms. The van der Waals surface area contributed by atoms with Gasteiger partial charge in [0.2, 0.25) is 0 Å². The van der Waals surface area contributed by atoms with Gasteiger partial charge in [-0.05, 0) is 56.8 Å². The van der Waals surface area contributed by atoms with Gasteiger partial charge in [-0.2, -0.15) is 0 Å². The zero-order chi connectivity index (χ0) is 13.6. The Labute approximate surface area is 113 Å². The van der Waals surface area contributed by atoms with E-state index >= 15 is 0 Å². The van der Waals surface area contributed by atoms with Gasteiger partial charge in [0.05, 0.1) is 12.0 Å². The summed E-state index contributed by atoms with van der Waals surface area (Å²) in [6, 6.07) is 0. The van der Waals surface area contributed by atoms with Crippen LogP contribution in [0.4, 0.5) is 0 Å². The van der Waals surface area contributed by atoms with Gasteiger partial charge in [0, 0.05) is 6.92 Å². The van der Waals surface area contributed by atoms with Crippen molar-refractivity contribution in [1.82, 2.24) is 0 Å². The first-order valence-electron chi connectivity index (χ1n) is 7.38. The van der Waals surface area contributed by atoms with Gasteiger partial charge in [-0.15, -0.1) is 0 Å². The molecule has 19 heavy (non-hydrogen) atoms. The van der Waals surface area contributed by atoms with Crippen molar-refractivity contribution in [2.45, 2.75) is 52.1 Å². The standard InChI is InChI=1S/C15H22O4/c1-3-18-14(17)15-6-10-4-11(7-15)13(19-9(2)16)12(5-10)8-15/h10-13H,3-8H2,1-2H3. The molecule has 4 rings (SSSR count). The summed E-state index contributed by atoms with van der Waals surface area (Å²) in [5.74, 6) is 1.13. The van der Waals surface area contributed by atoms with E-state index in [4.69, 9.17) is 9.47 Å². The second kappa shape index (κ2) is 4.50. The van der Waals surface area contributed by atoms with Crippen LogP contribution in [-0.2, 0) is 19.1 Å². The fourth-order valence-electron chi connectivity index (χ4n) is 4.90. The van der Waals surface area contributed by atoms with Crippen LogP contribution in [0.2, 0.25) is 0 Å². The minimum atomic E-state index is -0.275. The van der Waals surface area contributed by atoms with E-state index in [0.717, 1.165) is 32.1 Å². The van der Waals surface area contributed by atoms with Gasteiger partial charge in [0.15, 0.2) is 0 Å². The van der Waals surface area contributed by atoms with E-state index in [0.29, 0.717) is 24.4 Å². The highest BCUT2D eigenvalue weighted by atomic mass is 16.5. The molecule has 0 amide bonds. The molecule has 0 spiro atoms. The molecule has 106 valence electrons. The highest BCUT2D eigenvalue weighted by molar-refractivity contribution is 5.77. The van der Waals surface area contributed by atoms with Crippen LogP contribution in [0.3, 0.4) is 0 Å². The lowest BCUT2D eigenvalue weighted by Crippen LogP contribution is -2.57. The second-order valence-electron chi connectivity index (χ2n) is 6.54. The van der Waals surface area contributed by atoms with Gasteiger partial charge in [-0.3, -0.25) is 9.59 Å². The van der Waals surface area contributed by atoms with Crippen LogP contribution in [0.1, 0.15) is 46.0 Å². The van der Waals surface area contributed by atoms with Crippen molar-refractivity contribution in [2.24, 2.45) is 23.2 Å². The molecule has 0 heterocycles. The average molecular weight is 266 g/mol. The summed E-state index contributed by atoms with van der Waals surface area (Å²) in [6.45, 7) is 3.79. The quantitative estimate of drug-likeness (QED) is 0.736. The Morgan fingerprint density at radius 1 is 1.16 bits per heavy atom. The van der Waals surface area contributed by atoms with Gasteiger partial charge in [-0.25, -0.2) is 0 Å². The first kappa shape index (κ1) is 12.9. The van der Waals surface area contributed by atoms with Crippen LogP contribution in [-0.4, -0.2) is 24.6 Å². The molecule has 4 saturated carbocycles. The van der Waals surface area contributed by atoms with E-state index in [2.05, 4.69) is 0 Å². The number of hydrogen-bond acceptors (Lipinski definition) is 4. The largest absolute Gasteiger partial charge is 0.466 e. The summed E-state index contributed by atoms with van der Waals surface area (Å²) in [7, 11) is 0. The second-order valence-corrected chi connectivity index (χ2v) is 6.54. The van der Waals surface area contributed by atoms with Crippen LogP contribution >= 0.6 is 0 Å². The highest BCUT2D eigenvalue weighted by Gasteiger charge is 2.60. The highest BCUT2D eigenvalue weighted by Crippen LogP contribution is 2.61. The number of hydrogen-bond donors (Lipinski definition) is 0. The van der Waals surface area contributed by atoms with Gasteiger partial charge in [-0.1, -0.05) is 0 Å². The summed E-state index contributed by atoms with van der Waals surface area (Å²) in [5.41, 5.74) is -0.275. The molecule has 0 aromatic carbocycles. The van der Waals surface area contributed by atoms with E-state index in [1.165, 1.54) is 6.92 Å². The lowest BCUT2D eigenvalue weighted by molar-refractivity contribution is -0.194. The maximum Gasteiger partial charge on any atom is 0.312 e. The van der Waals surface area contributed by atoms with Crippen molar-refractivity contribution < 1.29 is 19.1 Å². The van der Waals surface area contributed by atoms with Crippen LogP contribution in [0.25, 0.3) is 0 Å². The molecule has 4 nitrogen and oxygen atoms in total. The van der Waals surface area contributed by atoms with Crippen LogP contribution in [0, 0.1) is 23.2 Å². The molecule has 4 bridgehead atoms. The van der Waals surface area contributed by atoms with Crippen LogP contribution in [0.15, 0.2) is 0 Å². The third-order valence-corrected chi connectivity index (χ3v) is 5.20. The zero-order valence-electron chi connectivity index (χ0n) is 11.7. The number of ether oxygens (including phenoxy) is 2. The number of carbonyl (C=O) groups excluding carboxylic acids is 2. The topological polar surface area (TPSA) is 52.6 Å². The minimum absolute atomic E-state index is 0.0179. The van der Waals surface area contributed by atoms with Gasteiger partial charge < -0.3 is 9.47 Å². The van der Waals surface area contributed by atoms with Crippen molar-refractivity contribution in [2.75, 3.05) is 6.61 Å². The Morgan fingerprint density at radius 2 is 1.79 bits per heavy atom. The molecule has 0 N–H and O–H groups in total. The number of esters is 2. The SMILES string of the molecule is CCOC(=O)C12CC3CC(C1)C(OC(C)=O)C(C3)C2. The Hall–Kier alpha value is -1.06. The molecular weight excluding hydrogens is 244 g/mol. The van der Waals surface area contributed by atoms with Crippen molar-refractivity contribution >= 4 is 11.9 Å². The van der Waals surface area contributed by atoms with Crippen LogP contribution < -0.4 is 0 Å². The fourth-order valence-corrected chi connectivity index (χ4v) is 4.90. The third kappa shape index (κ3) is 2.05. The smallest absolute Gasteiger partial charge is 0.312 e. The zero-order valence-corrected chi connectivity index (χ0v) is 11.7. The van der Waals surface area contributed by atoms with E-state index in [1.807, 2.05) is 6.92 Å². The summed E-state index contributed by atoms with van der Waals surface area (Å²) < 4.78 is 10.8. The van der Waals surface area contributed by atoms with E-state index < -0.39 is 0 Å². The maximum atomic E-state index is 12.3. The first-order valence-corrected chi connectivity index (χ1v) is 7.38. The molecule has 0 aromatic rings. The summed E-state index contributed by atoms with van der Waals surface area (Å²) in [5, 5.41) is 0. The molecular formula is C15H22O4. The maximum absolute atomic E-state index is 12.3. The molecule has 4 aliphatic rings. The van der Waals surface area contributed by atoms with E-state index in [-0.39, 0.29) is 23.5 Å². The predicted molar refractivity (Wildman–Crippen MR) is 68.2 cm³/mol.